The molecule has 35 heavy (non-hydrogen) atoms. The van der Waals surface area contributed by atoms with Gasteiger partial charge < -0.3 is 33.9 Å². The molecule has 2 aromatic carbocycles. The van der Waals surface area contributed by atoms with Crippen LogP contribution in [0.25, 0.3) is 5.76 Å². The molecule has 0 bridgehead atoms. The number of nitrogens with zero attached hydrogens (tertiary/aromatic N) is 2. The maximum absolute atomic E-state index is 13.3. The average molecular weight is 479 g/mol. The lowest BCUT2D eigenvalue weighted by molar-refractivity contribution is -0.140. The van der Waals surface area contributed by atoms with E-state index in [9.17, 15) is 14.7 Å². The Kier molecular flexibility index (Phi) is 5.49. The Bertz CT molecular complexity index is 1220. The SMILES string of the molecule is O=C1C(=O)N(CCN2CCCC2)[C@H](c2ccc3c(c2)OCO3)C1=C(O)c1ccc2c(c1)OCCO2. The summed E-state index contributed by atoms with van der Waals surface area (Å²) in [6.07, 6.45) is 2.27. The molecule has 2 fully saturated rings. The zero-order valence-electron chi connectivity index (χ0n) is 19.2. The smallest absolute Gasteiger partial charge is 0.295 e. The number of fused-ring (bicyclic) bond motifs is 2. The highest BCUT2D eigenvalue weighted by molar-refractivity contribution is 6.46. The minimum atomic E-state index is -0.750. The standard InChI is InChI=1S/C26H26N2O7/c29-24(17-4-6-18-20(14-17)33-12-11-32-18)22-23(16-3-5-19-21(13-16)35-15-34-19)28(26(31)25(22)30)10-9-27-7-1-2-8-27/h3-6,13-14,23,29H,1-2,7-12,15H2/t23-/m1/s1. The van der Waals surface area contributed by atoms with Crippen molar-refractivity contribution in [2.24, 2.45) is 0 Å². The van der Waals surface area contributed by atoms with Crippen LogP contribution in [0.4, 0.5) is 0 Å². The highest BCUT2D eigenvalue weighted by Crippen LogP contribution is 2.43. The number of likely N-dealkylation sites (tertiary alicyclic amines) is 2. The minimum absolute atomic E-state index is 0.0481. The third-order valence-electron chi connectivity index (χ3n) is 6.92. The normalized spacial score (nSPS) is 22.7. The molecule has 1 amide bonds. The van der Waals surface area contributed by atoms with E-state index in [1.807, 2.05) is 6.07 Å². The summed E-state index contributed by atoms with van der Waals surface area (Å²) in [7, 11) is 0. The number of amides is 1. The van der Waals surface area contributed by atoms with Crippen molar-refractivity contribution < 1.29 is 33.6 Å². The fraction of sp³-hybridized carbons (Fsp3) is 0.385. The van der Waals surface area contributed by atoms with E-state index in [0.29, 0.717) is 60.4 Å². The molecule has 0 radical (unpaired) electrons. The summed E-state index contributed by atoms with van der Waals surface area (Å²) < 4.78 is 22.2. The van der Waals surface area contributed by atoms with Gasteiger partial charge in [0.25, 0.3) is 11.7 Å². The molecule has 0 aliphatic carbocycles. The molecule has 0 spiro atoms. The molecule has 2 saturated heterocycles. The number of ether oxygens (including phenoxy) is 4. The minimum Gasteiger partial charge on any atom is -0.507 e. The van der Waals surface area contributed by atoms with Gasteiger partial charge in [0.1, 0.15) is 19.0 Å². The van der Waals surface area contributed by atoms with Crippen molar-refractivity contribution >= 4 is 17.4 Å². The van der Waals surface area contributed by atoms with E-state index in [1.165, 1.54) is 0 Å². The van der Waals surface area contributed by atoms with E-state index in [4.69, 9.17) is 18.9 Å². The Morgan fingerprint density at radius 3 is 2.37 bits per heavy atom. The average Bonchev–Trinajstić information content (AvgIpc) is 3.62. The van der Waals surface area contributed by atoms with Crippen molar-refractivity contribution in [2.45, 2.75) is 18.9 Å². The summed E-state index contributed by atoms with van der Waals surface area (Å²) in [4.78, 5) is 30.4. The summed E-state index contributed by atoms with van der Waals surface area (Å²) in [5, 5.41) is 11.3. The predicted octanol–water partition coefficient (Wildman–Crippen LogP) is 2.70. The number of hydrogen-bond acceptors (Lipinski definition) is 8. The Morgan fingerprint density at radius 1 is 0.857 bits per heavy atom. The lowest BCUT2D eigenvalue weighted by Gasteiger charge is -2.27. The fourth-order valence-electron chi connectivity index (χ4n) is 5.14. The number of carbonyl (C=O) groups is 2. The van der Waals surface area contributed by atoms with Gasteiger partial charge in [0.15, 0.2) is 23.0 Å². The van der Waals surface area contributed by atoms with E-state index < -0.39 is 17.7 Å². The molecule has 6 rings (SSSR count). The van der Waals surface area contributed by atoms with Crippen LogP contribution in [-0.2, 0) is 9.59 Å². The number of hydrogen-bond donors (Lipinski definition) is 1. The first-order chi connectivity index (χ1) is 17.1. The number of Topliss-reactive ketones (excluding diaryl/α,β-unsaturated/α-hetero) is 1. The zero-order valence-corrected chi connectivity index (χ0v) is 19.2. The van der Waals surface area contributed by atoms with Crippen molar-refractivity contribution in [3.8, 4) is 23.0 Å². The second-order valence-electron chi connectivity index (χ2n) is 9.01. The van der Waals surface area contributed by atoms with Crippen LogP contribution < -0.4 is 18.9 Å². The van der Waals surface area contributed by atoms with Crippen LogP contribution >= 0.6 is 0 Å². The van der Waals surface area contributed by atoms with Gasteiger partial charge >= 0.3 is 0 Å². The lowest BCUT2D eigenvalue weighted by Crippen LogP contribution is -2.37. The molecule has 4 heterocycles. The monoisotopic (exact) mass is 478 g/mol. The summed E-state index contributed by atoms with van der Waals surface area (Å²) in [5.74, 6) is 0.648. The van der Waals surface area contributed by atoms with Crippen molar-refractivity contribution in [1.82, 2.24) is 9.80 Å². The fourth-order valence-corrected chi connectivity index (χ4v) is 5.14. The van der Waals surface area contributed by atoms with Crippen LogP contribution in [0.3, 0.4) is 0 Å². The second kappa shape index (κ2) is 8.81. The van der Waals surface area contributed by atoms with Crippen LogP contribution in [0.15, 0.2) is 42.0 Å². The van der Waals surface area contributed by atoms with Crippen molar-refractivity contribution in [3.05, 3.63) is 53.1 Å². The first kappa shape index (κ1) is 21.8. The Hall–Kier alpha value is -3.72. The second-order valence-corrected chi connectivity index (χ2v) is 9.01. The van der Waals surface area contributed by atoms with Gasteiger partial charge in [-0.1, -0.05) is 6.07 Å². The molecule has 9 nitrogen and oxygen atoms in total. The molecule has 182 valence electrons. The van der Waals surface area contributed by atoms with Crippen LogP contribution in [0.2, 0.25) is 0 Å². The third-order valence-corrected chi connectivity index (χ3v) is 6.92. The van der Waals surface area contributed by atoms with Crippen molar-refractivity contribution in [3.63, 3.8) is 0 Å². The maximum atomic E-state index is 13.3. The first-order valence-corrected chi connectivity index (χ1v) is 11.9. The van der Waals surface area contributed by atoms with Crippen LogP contribution in [0, 0.1) is 0 Å². The van der Waals surface area contributed by atoms with E-state index in [-0.39, 0.29) is 18.1 Å². The van der Waals surface area contributed by atoms with Gasteiger partial charge in [0.2, 0.25) is 6.79 Å². The maximum Gasteiger partial charge on any atom is 0.295 e. The quantitative estimate of drug-likeness (QED) is 0.398. The van der Waals surface area contributed by atoms with E-state index >= 15 is 0 Å². The highest BCUT2D eigenvalue weighted by Gasteiger charge is 2.46. The molecule has 0 aromatic heterocycles. The zero-order chi connectivity index (χ0) is 23.9. The van der Waals surface area contributed by atoms with Gasteiger partial charge in [-0.05, 0) is 61.8 Å². The van der Waals surface area contributed by atoms with Gasteiger partial charge in [0, 0.05) is 18.7 Å². The Balaban J connectivity index is 1.42. The topological polar surface area (TPSA) is 97.8 Å². The third kappa shape index (κ3) is 3.85. The van der Waals surface area contributed by atoms with Crippen molar-refractivity contribution in [1.29, 1.82) is 0 Å². The molecule has 9 heteroatoms. The molecular weight excluding hydrogens is 452 g/mol. The number of carbonyl (C=O) groups excluding carboxylic acids is 2. The summed E-state index contributed by atoms with van der Waals surface area (Å²) >= 11 is 0. The molecule has 4 aliphatic rings. The van der Waals surface area contributed by atoms with Gasteiger partial charge in [-0.15, -0.1) is 0 Å². The van der Waals surface area contributed by atoms with Crippen molar-refractivity contribution in [2.75, 3.05) is 46.2 Å². The molecule has 1 N–H and O–H groups in total. The molecular formula is C26H26N2O7. The largest absolute Gasteiger partial charge is 0.507 e. The first-order valence-electron chi connectivity index (χ1n) is 11.9. The summed E-state index contributed by atoms with van der Waals surface area (Å²) in [5.41, 5.74) is 1.11. The van der Waals surface area contributed by atoms with E-state index in [1.54, 1.807) is 35.2 Å². The van der Waals surface area contributed by atoms with E-state index in [0.717, 1.165) is 25.9 Å². The van der Waals surface area contributed by atoms with Gasteiger partial charge in [-0.25, -0.2) is 0 Å². The van der Waals surface area contributed by atoms with E-state index in [2.05, 4.69) is 4.90 Å². The number of ketones is 1. The lowest BCUT2D eigenvalue weighted by atomic mass is 9.95. The number of aliphatic hydroxyl groups is 1. The summed E-state index contributed by atoms with van der Waals surface area (Å²) in [6, 6.07) is 9.60. The highest BCUT2D eigenvalue weighted by atomic mass is 16.7. The predicted molar refractivity (Wildman–Crippen MR) is 125 cm³/mol. The number of aliphatic hydroxyl groups excluding tert-OH is 1. The molecule has 0 unspecified atom stereocenters. The van der Waals surface area contributed by atoms with Gasteiger partial charge in [0.05, 0.1) is 11.6 Å². The van der Waals surface area contributed by atoms with Gasteiger partial charge in [-0.2, -0.15) is 0 Å². The summed E-state index contributed by atoms with van der Waals surface area (Å²) in [6.45, 7) is 3.97. The van der Waals surface area contributed by atoms with Crippen LogP contribution in [-0.4, -0.2) is 72.8 Å². The number of rotatable bonds is 5. The molecule has 4 aliphatic heterocycles. The Labute approximate surface area is 202 Å². The van der Waals surface area contributed by atoms with Crippen LogP contribution in [0.5, 0.6) is 23.0 Å². The Morgan fingerprint density at radius 2 is 1.54 bits per heavy atom. The molecule has 1 atom stereocenters. The van der Waals surface area contributed by atoms with Crippen LogP contribution in [0.1, 0.15) is 30.0 Å². The number of benzene rings is 2. The molecule has 2 aromatic rings. The molecule has 0 saturated carbocycles. The van der Waals surface area contributed by atoms with Gasteiger partial charge in [-0.3, -0.25) is 9.59 Å².